The molecule has 2 aliphatic rings. The fourth-order valence-electron chi connectivity index (χ4n) is 5.41. The zero-order valence-electron chi connectivity index (χ0n) is 19.5. The van der Waals surface area contributed by atoms with Gasteiger partial charge in [-0.1, -0.05) is 36.4 Å². The van der Waals surface area contributed by atoms with Crippen LogP contribution < -0.4 is 4.74 Å². The molecule has 0 bridgehead atoms. The molecule has 0 unspecified atom stereocenters. The second-order valence-corrected chi connectivity index (χ2v) is 9.28. The number of nitrogens with zero attached hydrogens (tertiary/aromatic N) is 1. The van der Waals surface area contributed by atoms with E-state index >= 15 is 4.39 Å². The minimum atomic E-state index is -0.336. The third-order valence-corrected chi connectivity index (χ3v) is 7.18. The predicted octanol–water partition coefficient (Wildman–Crippen LogP) is 6.77. The maximum absolute atomic E-state index is 15.1. The van der Waals surface area contributed by atoms with Crippen molar-refractivity contribution in [3.05, 3.63) is 95.4 Å². The Labute approximate surface area is 203 Å². The van der Waals surface area contributed by atoms with Gasteiger partial charge in [0.25, 0.3) is 0 Å². The quantitative estimate of drug-likeness (QED) is 0.294. The van der Waals surface area contributed by atoms with Crippen LogP contribution in [0, 0.1) is 11.7 Å². The highest BCUT2D eigenvalue weighted by Gasteiger charge is 2.45. The number of hydrogen-bond acceptors (Lipinski definition) is 4. The molecule has 1 heterocycles. The number of carbonyl (C=O) groups is 1. The molecule has 3 aromatic carbocycles. The van der Waals surface area contributed by atoms with E-state index in [1.807, 2.05) is 55.5 Å². The van der Waals surface area contributed by atoms with Crippen LogP contribution in [0.25, 0.3) is 22.0 Å². The number of benzene rings is 3. The van der Waals surface area contributed by atoms with E-state index in [9.17, 15) is 4.79 Å². The summed E-state index contributed by atoms with van der Waals surface area (Å²) in [6.45, 7) is 2.24. The van der Waals surface area contributed by atoms with E-state index in [0.717, 1.165) is 52.4 Å². The molecular weight excluding hydrogens is 441 g/mol. The van der Waals surface area contributed by atoms with E-state index in [2.05, 4.69) is 17.1 Å². The molecule has 5 heteroatoms. The van der Waals surface area contributed by atoms with Gasteiger partial charge in [-0.15, -0.1) is 0 Å². The van der Waals surface area contributed by atoms with Crippen molar-refractivity contribution in [2.24, 2.45) is 5.92 Å². The minimum Gasteiger partial charge on any atom is -0.486 e. The van der Waals surface area contributed by atoms with Crippen molar-refractivity contribution in [1.82, 2.24) is 4.98 Å². The van der Waals surface area contributed by atoms with Crippen molar-refractivity contribution in [3.8, 4) is 16.9 Å². The summed E-state index contributed by atoms with van der Waals surface area (Å²) in [5.74, 6) is 0.537. The van der Waals surface area contributed by atoms with Gasteiger partial charge in [0.1, 0.15) is 17.7 Å². The van der Waals surface area contributed by atoms with Crippen molar-refractivity contribution in [3.63, 3.8) is 0 Å². The molecule has 0 amide bonds. The molecular formula is C30H26FNO3. The molecule has 1 fully saturated rings. The lowest BCUT2D eigenvalue weighted by atomic mass is 9.93. The van der Waals surface area contributed by atoms with Crippen LogP contribution in [-0.4, -0.2) is 17.6 Å². The van der Waals surface area contributed by atoms with Gasteiger partial charge >= 0.3 is 5.97 Å². The van der Waals surface area contributed by atoms with Crippen molar-refractivity contribution >= 4 is 16.9 Å². The lowest BCUT2D eigenvalue weighted by molar-refractivity contribution is -0.144. The fourth-order valence-corrected chi connectivity index (χ4v) is 5.41. The Morgan fingerprint density at radius 1 is 1.03 bits per heavy atom. The van der Waals surface area contributed by atoms with Gasteiger partial charge in [-0.3, -0.25) is 9.78 Å². The molecule has 1 aromatic heterocycles. The van der Waals surface area contributed by atoms with Crippen LogP contribution in [0.1, 0.15) is 48.5 Å². The smallest absolute Gasteiger partial charge is 0.309 e. The Bertz CT molecular complexity index is 1410. The Hall–Kier alpha value is -3.73. The molecule has 4 nitrogen and oxygen atoms in total. The molecule has 0 aliphatic heterocycles. The monoisotopic (exact) mass is 467 g/mol. The summed E-state index contributed by atoms with van der Waals surface area (Å²) in [6.07, 6.45) is 3.76. The maximum Gasteiger partial charge on any atom is 0.309 e. The summed E-state index contributed by atoms with van der Waals surface area (Å²) >= 11 is 0. The third-order valence-electron chi connectivity index (χ3n) is 7.18. The number of hydrogen-bond donors (Lipinski definition) is 0. The van der Waals surface area contributed by atoms with Crippen molar-refractivity contribution in [2.75, 3.05) is 6.61 Å². The summed E-state index contributed by atoms with van der Waals surface area (Å²) in [6, 6.07) is 21.3. The van der Waals surface area contributed by atoms with E-state index in [1.54, 1.807) is 12.3 Å². The molecule has 0 spiro atoms. The molecule has 3 atom stereocenters. The molecule has 4 aromatic rings. The van der Waals surface area contributed by atoms with Crippen LogP contribution in [0.5, 0.6) is 5.75 Å². The molecule has 1 saturated carbocycles. The van der Waals surface area contributed by atoms with Crippen LogP contribution >= 0.6 is 0 Å². The molecule has 2 aliphatic carbocycles. The third kappa shape index (κ3) is 3.95. The van der Waals surface area contributed by atoms with Gasteiger partial charge in [0.2, 0.25) is 0 Å². The van der Waals surface area contributed by atoms with E-state index in [4.69, 9.17) is 9.47 Å². The maximum atomic E-state index is 15.1. The Morgan fingerprint density at radius 3 is 2.71 bits per heavy atom. The lowest BCUT2D eigenvalue weighted by Crippen LogP contribution is -2.07. The van der Waals surface area contributed by atoms with Crippen molar-refractivity contribution < 1.29 is 18.7 Å². The lowest BCUT2D eigenvalue weighted by Gasteiger charge is -2.17. The van der Waals surface area contributed by atoms with Crippen molar-refractivity contribution in [2.45, 2.75) is 38.2 Å². The summed E-state index contributed by atoms with van der Waals surface area (Å²) < 4.78 is 26.5. The first kappa shape index (κ1) is 21.8. The van der Waals surface area contributed by atoms with Crippen LogP contribution in [-0.2, 0) is 16.0 Å². The highest BCUT2D eigenvalue weighted by molar-refractivity contribution is 5.95. The highest BCUT2D eigenvalue weighted by Crippen LogP contribution is 2.49. The Balaban J connectivity index is 1.25. The van der Waals surface area contributed by atoms with Gasteiger partial charge in [0.15, 0.2) is 0 Å². The van der Waals surface area contributed by atoms with Gasteiger partial charge in [-0.2, -0.15) is 0 Å². The standard InChI is InChI=1S/C30H26FNO3/c1-2-34-30(33)25-17-24(25)18-8-10-19(11-9-18)35-28-15-13-23-21(12-14-26(31)29(23)28)20-5-3-7-27-22(20)6-4-16-32-27/h3-12,14,16,24-25,28H,2,13,15,17H2,1H3/t24-,25+,28-/m1/s1. The first-order chi connectivity index (χ1) is 17.1. The topological polar surface area (TPSA) is 48.4 Å². The largest absolute Gasteiger partial charge is 0.486 e. The normalized spacial score (nSPS) is 20.5. The van der Waals surface area contributed by atoms with E-state index in [0.29, 0.717) is 17.9 Å². The van der Waals surface area contributed by atoms with Crippen LogP contribution in [0.15, 0.2) is 72.9 Å². The fraction of sp³-hybridized carbons (Fsp3) is 0.267. The molecule has 176 valence electrons. The van der Waals surface area contributed by atoms with Crippen LogP contribution in [0.3, 0.4) is 0 Å². The molecule has 0 saturated heterocycles. The van der Waals surface area contributed by atoms with E-state index in [-0.39, 0.29) is 29.7 Å². The number of fused-ring (bicyclic) bond motifs is 2. The van der Waals surface area contributed by atoms with Gasteiger partial charge < -0.3 is 9.47 Å². The average Bonchev–Trinajstić information content (AvgIpc) is 3.58. The van der Waals surface area contributed by atoms with E-state index in [1.165, 1.54) is 0 Å². The van der Waals surface area contributed by atoms with Gasteiger partial charge in [0.05, 0.1) is 18.0 Å². The van der Waals surface area contributed by atoms with Crippen molar-refractivity contribution in [1.29, 1.82) is 0 Å². The average molecular weight is 468 g/mol. The number of esters is 1. The van der Waals surface area contributed by atoms with Gasteiger partial charge in [0, 0.05) is 17.1 Å². The number of rotatable bonds is 6. The molecule has 6 rings (SSSR count). The number of halogens is 1. The van der Waals surface area contributed by atoms with E-state index < -0.39 is 0 Å². The summed E-state index contributed by atoms with van der Waals surface area (Å²) in [7, 11) is 0. The number of aromatic nitrogens is 1. The molecule has 0 N–H and O–H groups in total. The summed E-state index contributed by atoms with van der Waals surface area (Å²) in [4.78, 5) is 16.4. The van der Waals surface area contributed by atoms with Crippen LogP contribution in [0.2, 0.25) is 0 Å². The number of pyridine rings is 1. The molecule has 0 radical (unpaired) electrons. The second-order valence-electron chi connectivity index (χ2n) is 9.28. The predicted molar refractivity (Wildman–Crippen MR) is 133 cm³/mol. The Morgan fingerprint density at radius 2 is 1.89 bits per heavy atom. The van der Waals surface area contributed by atoms with Gasteiger partial charge in [-0.25, -0.2) is 4.39 Å². The molecule has 35 heavy (non-hydrogen) atoms. The SMILES string of the molecule is CCOC(=O)[C@H]1C[C@@H]1c1ccc(O[C@@H]2CCc3c(-c4cccc5ncccc45)ccc(F)c32)cc1. The number of ether oxygens (including phenoxy) is 2. The van der Waals surface area contributed by atoms with Crippen LogP contribution in [0.4, 0.5) is 4.39 Å². The minimum absolute atomic E-state index is 0.0415. The summed E-state index contributed by atoms with van der Waals surface area (Å²) in [5, 5.41) is 1.06. The first-order valence-corrected chi connectivity index (χ1v) is 12.2. The van der Waals surface area contributed by atoms with Gasteiger partial charge in [-0.05, 0) is 84.7 Å². The number of carbonyl (C=O) groups excluding carboxylic acids is 1. The zero-order chi connectivity index (χ0) is 23.9. The first-order valence-electron chi connectivity index (χ1n) is 12.2. The second kappa shape index (κ2) is 8.81. The Kier molecular flexibility index (Phi) is 5.48. The summed E-state index contributed by atoms with van der Waals surface area (Å²) in [5.41, 5.74) is 5.81. The highest BCUT2D eigenvalue weighted by atomic mass is 19.1. The zero-order valence-corrected chi connectivity index (χ0v) is 19.5.